The van der Waals surface area contributed by atoms with Crippen LogP contribution in [0.5, 0.6) is 0 Å². The minimum atomic E-state index is -1.27. The minimum absolute atomic E-state index is 0.293. The Hall–Kier alpha value is -2.43. The molecule has 0 atom stereocenters. The van der Waals surface area contributed by atoms with Gasteiger partial charge in [0.15, 0.2) is 0 Å². The summed E-state index contributed by atoms with van der Waals surface area (Å²) in [7, 11) is 0. The van der Waals surface area contributed by atoms with E-state index in [2.05, 4.69) is 10.3 Å². The van der Waals surface area contributed by atoms with E-state index in [0.717, 1.165) is 11.6 Å². The number of benzene rings is 1. The number of rotatable bonds is 5. The van der Waals surface area contributed by atoms with E-state index < -0.39 is 11.8 Å². The first kappa shape index (κ1) is 13.0. The summed E-state index contributed by atoms with van der Waals surface area (Å²) in [4.78, 5) is 14.9. The Kier molecular flexibility index (Phi) is 4.07. The van der Waals surface area contributed by atoms with Crippen molar-refractivity contribution in [2.45, 2.75) is 6.42 Å². The van der Waals surface area contributed by atoms with Crippen LogP contribution >= 0.6 is 0 Å². The number of carboxylic acid groups (broad SMARTS) is 1. The van der Waals surface area contributed by atoms with Gasteiger partial charge < -0.3 is 10.4 Å². The Morgan fingerprint density at radius 1 is 1.26 bits per heavy atom. The first-order valence-electron chi connectivity index (χ1n) is 5.83. The summed E-state index contributed by atoms with van der Waals surface area (Å²) in [5.74, 6) is -2.01. The number of aromatic nitrogens is 1. The predicted molar refractivity (Wildman–Crippen MR) is 69.8 cm³/mol. The van der Waals surface area contributed by atoms with Crippen molar-refractivity contribution in [1.29, 1.82) is 0 Å². The Labute approximate surface area is 109 Å². The number of aromatic carboxylic acids is 1. The van der Waals surface area contributed by atoms with Crippen molar-refractivity contribution in [3.05, 3.63) is 59.7 Å². The third-order valence-corrected chi connectivity index (χ3v) is 2.71. The van der Waals surface area contributed by atoms with Crippen LogP contribution in [0.25, 0.3) is 0 Å². The number of halogens is 1. The molecule has 1 aromatic carbocycles. The summed E-state index contributed by atoms with van der Waals surface area (Å²) in [5, 5.41) is 11.9. The predicted octanol–water partition coefficient (Wildman–Crippen LogP) is 2.57. The molecule has 0 radical (unpaired) electrons. The van der Waals surface area contributed by atoms with Gasteiger partial charge in [0.05, 0.1) is 5.69 Å². The number of nitrogens with zero attached hydrogens (tertiary/aromatic N) is 1. The van der Waals surface area contributed by atoms with Gasteiger partial charge in [0, 0.05) is 18.9 Å². The van der Waals surface area contributed by atoms with Crippen molar-refractivity contribution < 1.29 is 14.3 Å². The van der Waals surface area contributed by atoms with Crippen LogP contribution in [0.1, 0.15) is 15.9 Å². The lowest BCUT2D eigenvalue weighted by atomic mass is 10.1. The molecule has 5 heteroatoms. The van der Waals surface area contributed by atoms with Gasteiger partial charge in [-0.15, -0.1) is 0 Å². The second-order valence-electron chi connectivity index (χ2n) is 4.00. The fraction of sp³-hybridized carbons (Fsp3) is 0.143. The highest BCUT2D eigenvalue weighted by molar-refractivity contribution is 5.94. The van der Waals surface area contributed by atoms with Crippen LogP contribution in [-0.4, -0.2) is 22.6 Å². The number of hydrogen-bond donors (Lipinski definition) is 2. The maximum atomic E-state index is 13.4. The van der Waals surface area contributed by atoms with Crippen LogP contribution in [0.2, 0.25) is 0 Å². The molecular weight excluding hydrogens is 247 g/mol. The van der Waals surface area contributed by atoms with Crippen LogP contribution < -0.4 is 5.32 Å². The third-order valence-electron chi connectivity index (χ3n) is 2.71. The lowest BCUT2D eigenvalue weighted by Gasteiger charge is -2.10. The number of carboxylic acids is 1. The first-order valence-corrected chi connectivity index (χ1v) is 5.83. The molecule has 1 aromatic heterocycles. The molecule has 0 bridgehead atoms. The van der Waals surface area contributed by atoms with E-state index in [9.17, 15) is 9.18 Å². The van der Waals surface area contributed by atoms with Gasteiger partial charge in [0.1, 0.15) is 11.4 Å². The van der Waals surface area contributed by atoms with Crippen molar-refractivity contribution in [3.63, 3.8) is 0 Å². The van der Waals surface area contributed by atoms with Crippen LogP contribution in [0, 0.1) is 5.82 Å². The van der Waals surface area contributed by atoms with Crippen LogP contribution in [0.4, 0.5) is 10.1 Å². The van der Waals surface area contributed by atoms with E-state index in [1.165, 1.54) is 6.07 Å². The molecule has 1 heterocycles. The number of carbonyl (C=O) groups is 1. The normalized spacial score (nSPS) is 10.2. The van der Waals surface area contributed by atoms with E-state index in [4.69, 9.17) is 5.11 Å². The summed E-state index contributed by atoms with van der Waals surface area (Å²) in [6, 6.07) is 7.93. The molecule has 0 unspecified atom stereocenters. The van der Waals surface area contributed by atoms with Gasteiger partial charge in [-0.2, -0.15) is 0 Å². The van der Waals surface area contributed by atoms with Crippen molar-refractivity contribution in [3.8, 4) is 0 Å². The van der Waals surface area contributed by atoms with Crippen molar-refractivity contribution in [2.75, 3.05) is 11.9 Å². The summed E-state index contributed by atoms with van der Waals surface area (Å²) >= 11 is 0. The van der Waals surface area contributed by atoms with E-state index >= 15 is 0 Å². The monoisotopic (exact) mass is 260 g/mol. The largest absolute Gasteiger partial charge is 0.478 e. The zero-order valence-electron chi connectivity index (χ0n) is 10.1. The highest BCUT2D eigenvalue weighted by Crippen LogP contribution is 2.18. The van der Waals surface area contributed by atoms with Crippen LogP contribution in [-0.2, 0) is 6.42 Å². The average Bonchev–Trinajstić information content (AvgIpc) is 2.39. The molecule has 2 rings (SSSR count). The second-order valence-corrected chi connectivity index (χ2v) is 4.00. The van der Waals surface area contributed by atoms with Gasteiger partial charge in [-0.25, -0.2) is 9.18 Å². The molecule has 4 nitrogen and oxygen atoms in total. The maximum Gasteiger partial charge on any atom is 0.340 e. The van der Waals surface area contributed by atoms with Gasteiger partial charge >= 0.3 is 5.97 Å². The first-order chi connectivity index (χ1) is 9.18. The molecule has 2 aromatic rings. The molecule has 0 aliphatic heterocycles. The summed E-state index contributed by atoms with van der Waals surface area (Å²) < 4.78 is 13.4. The summed E-state index contributed by atoms with van der Waals surface area (Å²) in [6.07, 6.45) is 4.10. The van der Waals surface area contributed by atoms with Gasteiger partial charge in [-0.1, -0.05) is 6.07 Å². The number of nitrogens with one attached hydrogen (secondary N) is 1. The Morgan fingerprint density at radius 3 is 2.68 bits per heavy atom. The van der Waals surface area contributed by atoms with Crippen molar-refractivity contribution >= 4 is 11.7 Å². The minimum Gasteiger partial charge on any atom is -0.478 e. The fourth-order valence-electron chi connectivity index (χ4n) is 1.78. The van der Waals surface area contributed by atoms with Gasteiger partial charge in [-0.3, -0.25) is 4.98 Å². The topological polar surface area (TPSA) is 62.2 Å². The molecular formula is C14H13FN2O2. The van der Waals surface area contributed by atoms with Gasteiger partial charge in [-0.05, 0) is 36.2 Å². The molecule has 0 amide bonds. The van der Waals surface area contributed by atoms with Crippen molar-refractivity contribution in [1.82, 2.24) is 4.98 Å². The van der Waals surface area contributed by atoms with E-state index in [0.29, 0.717) is 18.7 Å². The van der Waals surface area contributed by atoms with Gasteiger partial charge in [0.2, 0.25) is 0 Å². The second kappa shape index (κ2) is 5.95. The highest BCUT2D eigenvalue weighted by Gasteiger charge is 2.14. The molecule has 0 saturated carbocycles. The quantitative estimate of drug-likeness (QED) is 0.867. The molecule has 98 valence electrons. The third kappa shape index (κ3) is 3.28. The molecule has 0 aliphatic carbocycles. The molecule has 0 saturated heterocycles. The molecule has 0 aliphatic rings. The van der Waals surface area contributed by atoms with Crippen LogP contribution in [0.3, 0.4) is 0 Å². The highest BCUT2D eigenvalue weighted by atomic mass is 19.1. The van der Waals surface area contributed by atoms with E-state index in [1.807, 2.05) is 12.1 Å². The maximum absolute atomic E-state index is 13.4. The smallest absolute Gasteiger partial charge is 0.340 e. The standard InChI is InChI=1S/C14H13FN2O2/c15-11-2-1-3-12(13(11)14(18)19)17-9-6-10-4-7-16-8-5-10/h1-5,7-8,17H,6,9H2,(H,18,19). The molecule has 2 N–H and O–H groups in total. The molecule has 0 spiro atoms. The lowest BCUT2D eigenvalue weighted by molar-refractivity contribution is 0.0693. The molecule has 0 fully saturated rings. The Bertz CT molecular complexity index is 573. The fourth-order valence-corrected chi connectivity index (χ4v) is 1.78. The summed E-state index contributed by atoms with van der Waals surface area (Å²) in [6.45, 7) is 0.522. The van der Waals surface area contributed by atoms with E-state index in [1.54, 1.807) is 18.5 Å². The number of anilines is 1. The van der Waals surface area contributed by atoms with Crippen molar-refractivity contribution in [2.24, 2.45) is 0 Å². The zero-order valence-corrected chi connectivity index (χ0v) is 10.1. The number of pyridine rings is 1. The Balaban J connectivity index is 2.04. The van der Waals surface area contributed by atoms with Crippen LogP contribution in [0.15, 0.2) is 42.7 Å². The summed E-state index contributed by atoms with van der Waals surface area (Å²) in [5.41, 5.74) is 1.05. The molecule has 19 heavy (non-hydrogen) atoms. The SMILES string of the molecule is O=C(O)c1c(F)cccc1NCCc1ccncc1. The average molecular weight is 260 g/mol. The van der Waals surface area contributed by atoms with Gasteiger partial charge in [0.25, 0.3) is 0 Å². The lowest BCUT2D eigenvalue weighted by Crippen LogP contribution is -2.11. The zero-order chi connectivity index (χ0) is 13.7. The number of hydrogen-bond acceptors (Lipinski definition) is 3. The van der Waals surface area contributed by atoms with E-state index in [-0.39, 0.29) is 5.56 Å². The Morgan fingerprint density at radius 2 is 2.00 bits per heavy atom.